The second-order valence-corrected chi connectivity index (χ2v) is 7.60. The monoisotopic (exact) mass is 420 g/mol. The van der Waals surface area contributed by atoms with Crippen LogP contribution in [0.25, 0.3) is 0 Å². The van der Waals surface area contributed by atoms with Gasteiger partial charge < -0.3 is 25.7 Å². The molecule has 1 unspecified atom stereocenters. The smallest absolute Gasteiger partial charge is 0.338 e. The molecule has 1 saturated heterocycles. The molecule has 1 fully saturated rings. The van der Waals surface area contributed by atoms with Crippen molar-refractivity contribution in [1.82, 2.24) is 9.97 Å². The van der Waals surface area contributed by atoms with Crippen molar-refractivity contribution < 1.29 is 19.0 Å². The van der Waals surface area contributed by atoms with Gasteiger partial charge in [0.15, 0.2) is 6.29 Å². The van der Waals surface area contributed by atoms with E-state index in [2.05, 4.69) is 9.97 Å². The number of carbonyl (C=O) groups excluding carboxylic acids is 1. The molecule has 2 heterocycles. The maximum absolute atomic E-state index is 12.3. The van der Waals surface area contributed by atoms with Crippen LogP contribution >= 0.6 is 11.8 Å². The number of rotatable bonds is 8. The minimum absolute atomic E-state index is 0.0369. The van der Waals surface area contributed by atoms with Crippen molar-refractivity contribution in [2.45, 2.75) is 36.2 Å². The van der Waals surface area contributed by atoms with Gasteiger partial charge in [0, 0.05) is 0 Å². The summed E-state index contributed by atoms with van der Waals surface area (Å²) in [5, 5.41) is -0.235. The number of nitrogens with two attached hydrogens (primary N) is 2. The average molecular weight is 420 g/mol. The van der Waals surface area contributed by atoms with Crippen LogP contribution in [-0.2, 0) is 20.6 Å². The Labute approximate surface area is 172 Å². The highest BCUT2D eigenvalue weighted by atomic mass is 32.2. The number of aromatic amines is 1. The van der Waals surface area contributed by atoms with E-state index in [0.717, 1.165) is 5.56 Å². The fourth-order valence-corrected chi connectivity index (χ4v) is 4.18. The molecular weight excluding hydrogens is 396 g/mol. The molecule has 1 aromatic carbocycles. The van der Waals surface area contributed by atoms with Crippen LogP contribution in [-0.4, -0.2) is 47.3 Å². The van der Waals surface area contributed by atoms with E-state index in [9.17, 15) is 9.59 Å². The van der Waals surface area contributed by atoms with Crippen molar-refractivity contribution in [3.63, 3.8) is 0 Å². The Morgan fingerprint density at radius 1 is 1.34 bits per heavy atom. The molecule has 0 spiro atoms. The molecule has 0 aliphatic carbocycles. The van der Waals surface area contributed by atoms with Crippen LogP contribution in [0.1, 0.15) is 29.3 Å². The number of esters is 1. The summed E-state index contributed by atoms with van der Waals surface area (Å²) >= 11 is 1.24. The number of ether oxygens (including phenoxy) is 3. The Bertz CT molecular complexity index is 914. The molecule has 1 aliphatic heterocycles. The number of carbonyl (C=O) groups is 1. The van der Waals surface area contributed by atoms with Crippen molar-refractivity contribution in [2.75, 3.05) is 31.3 Å². The van der Waals surface area contributed by atoms with E-state index in [1.165, 1.54) is 11.8 Å². The number of benzene rings is 1. The SMILES string of the molecule is CCOC(=O)c1ccccc1CCC(Sc1c(N)nc(N)[nH]c1=O)C1OCCO1. The number of hydrogen-bond acceptors (Lipinski definition) is 9. The van der Waals surface area contributed by atoms with Gasteiger partial charge in [-0.05, 0) is 31.4 Å². The predicted molar refractivity (Wildman–Crippen MR) is 110 cm³/mol. The minimum atomic E-state index is -0.494. The van der Waals surface area contributed by atoms with E-state index in [1.807, 2.05) is 12.1 Å². The average Bonchev–Trinajstić information content (AvgIpc) is 3.22. The molecule has 9 nitrogen and oxygen atoms in total. The number of aromatic nitrogens is 2. The number of nitrogen functional groups attached to an aromatic ring is 2. The Kier molecular flexibility index (Phi) is 7.13. The Hall–Kier alpha value is -2.56. The van der Waals surface area contributed by atoms with Gasteiger partial charge >= 0.3 is 5.97 Å². The summed E-state index contributed by atoms with van der Waals surface area (Å²) < 4.78 is 16.5. The number of hydrogen-bond donors (Lipinski definition) is 3. The largest absolute Gasteiger partial charge is 0.462 e. The molecule has 2 aromatic rings. The number of nitrogens with one attached hydrogen (secondary N) is 1. The summed E-state index contributed by atoms with van der Waals surface area (Å²) in [4.78, 5) is 31.1. The van der Waals surface area contributed by atoms with Crippen LogP contribution in [0.15, 0.2) is 34.0 Å². The van der Waals surface area contributed by atoms with Gasteiger partial charge in [-0.1, -0.05) is 18.2 Å². The fraction of sp³-hybridized carbons (Fsp3) is 0.421. The van der Waals surface area contributed by atoms with Gasteiger partial charge in [-0.3, -0.25) is 9.78 Å². The first-order valence-corrected chi connectivity index (χ1v) is 10.2. The number of anilines is 2. The van der Waals surface area contributed by atoms with E-state index >= 15 is 0 Å². The first kappa shape index (κ1) is 21.2. The molecule has 3 rings (SSSR count). The van der Waals surface area contributed by atoms with Gasteiger partial charge in [0.05, 0.1) is 30.6 Å². The van der Waals surface area contributed by atoms with Crippen LogP contribution in [0.2, 0.25) is 0 Å². The van der Waals surface area contributed by atoms with E-state index in [4.69, 9.17) is 25.7 Å². The van der Waals surface area contributed by atoms with Gasteiger partial charge in [0.1, 0.15) is 10.7 Å². The Balaban J connectivity index is 1.80. The third-order valence-corrected chi connectivity index (χ3v) is 5.74. The first-order chi connectivity index (χ1) is 14.0. The van der Waals surface area contributed by atoms with Crippen LogP contribution in [0.5, 0.6) is 0 Å². The van der Waals surface area contributed by atoms with Gasteiger partial charge in [-0.15, -0.1) is 11.8 Å². The Morgan fingerprint density at radius 3 is 2.76 bits per heavy atom. The zero-order valence-electron chi connectivity index (χ0n) is 16.1. The molecule has 0 amide bonds. The maximum Gasteiger partial charge on any atom is 0.338 e. The lowest BCUT2D eigenvalue weighted by Crippen LogP contribution is -2.27. The number of thioether (sulfide) groups is 1. The predicted octanol–water partition coefficient (Wildman–Crippen LogP) is 1.58. The van der Waals surface area contributed by atoms with Gasteiger partial charge in [0.25, 0.3) is 5.56 Å². The lowest BCUT2D eigenvalue weighted by Gasteiger charge is -2.22. The minimum Gasteiger partial charge on any atom is -0.462 e. The van der Waals surface area contributed by atoms with Gasteiger partial charge in [0.2, 0.25) is 5.95 Å². The van der Waals surface area contributed by atoms with E-state index in [1.54, 1.807) is 19.1 Å². The highest BCUT2D eigenvalue weighted by molar-refractivity contribution is 8.00. The maximum atomic E-state index is 12.3. The summed E-state index contributed by atoms with van der Waals surface area (Å²) in [5.41, 5.74) is 12.4. The summed E-state index contributed by atoms with van der Waals surface area (Å²) in [5.74, 6) is -0.333. The van der Waals surface area contributed by atoms with E-state index < -0.39 is 11.8 Å². The zero-order chi connectivity index (χ0) is 20.8. The topological polar surface area (TPSA) is 143 Å². The standard InChI is InChI=1S/C19H24N4O5S/c1-2-26-17(25)12-6-4-3-5-11(12)7-8-13(18-27-9-10-28-18)29-14-15(20)22-19(21)23-16(14)24/h3-6,13,18H,2,7-10H2,1H3,(H5,20,21,22,23,24). The normalized spacial score (nSPS) is 15.3. The Morgan fingerprint density at radius 2 is 2.07 bits per heavy atom. The molecule has 29 heavy (non-hydrogen) atoms. The molecule has 0 saturated carbocycles. The number of nitrogens with zero attached hydrogens (tertiary/aromatic N) is 1. The molecule has 10 heteroatoms. The third kappa shape index (κ3) is 5.28. The summed E-state index contributed by atoms with van der Waals surface area (Å²) in [7, 11) is 0. The quantitative estimate of drug-likeness (QED) is 0.428. The highest BCUT2D eigenvalue weighted by Crippen LogP contribution is 2.32. The zero-order valence-corrected chi connectivity index (χ0v) is 16.9. The van der Waals surface area contributed by atoms with Gasteiger partial charge in [-0.25, -0.2) is 4.79 Å². The van der Waals surface area contributed by atoms with Crippen molar-refractivity contribution in [3.05, 3.63) is 45.7 Å². The van der Waals surface area contributed by atoms with Crippen molar-refractivity contribution in [3.8, 4) is 0 Å². The molecule has 156 valence electrons. The second-order valence-electron chi connectivity index (χ2n) is 6.35. The van der Waals surface area contributed by atoms with Crippen molar-refractivity contribution in [2.24, 2.45) is 0 Å². The van der Waals surface area contributed by atoms with Crippen LogP contribution in [0, 0.1) is 0 Å². The number of H-pyrrole nitrogens is 1. The van der Waals surface area contributed by atoms with Crippen molar-refractivity contribution in [1.29, 1.82) is 0 Å². The second kappa shape index (κ2) is 9.77. The molecular formula is C19H24N4O5S. The summed E-state index contributed by atoms with van der Waals surface area (Å²) in [6.45, 7) is 3.03. The first-order valence-electron chi connectivity index (χ1n) is 9.29. The van der Waals surface area contributed by atoms with E-state index in [0.29, 0.717) is 38.2 Å². The third-order valence-electron chi connectivity index (χ3n) is 4.35. The lowest BCUT2D eigenvalue weighted by molar-refractivity contribution is -0.0427. The lowest BCUT2D eigenvalue weighted by atomic mass is 10.0. The highest BCUT2D eigenvalue weighted by Gasteiger charge is 2.30. The molecule has 5 N–H and O–H groups in total. The van der Waals surface area contributed by atoms with Crippen LogP contribution in [0.3, 0.4) is 0 Å². The molecule has 0 radical (unpaired) electrons. The van der Waals surface area contributed by atoms with Gasteiger partial charge in [-0.2, -0.15) is 4.98 Å². The fourth-order valence-electron chi connectivity index (χ4n) is 3.05. The van der Waals surface area contributed by atoms with E-state index in [-0.39, 0.29) is 27.9 Å². The molecule has 1 aromatic heterocycles. The molecule has 0 bridgehead atoms. The molecule has 1 aliphatic rings. The van der Waals surface area contributed by atoms with Crippen LogP contribution < -0.4 is 17.0 Å². The number of aryl methyl sites for hydroxylation is 1. The van der Waals surface area contributed by atoms with Crippen LogP contribution in [0.4, 0.5) is 11.8 Å². The summed E-state index contributed by atoms with van der Waals surface area (Å²) in [6.07, 6.45) is 0.650. The summed E-state index contributed by atoms with van der Waals surface area (Å²) in [6, 6.07) is 7.29. The van der Waals surface area contributed by atoms with Crippen molar-refractivity contribution >= 4 is 29.5 Å². The molecule has 1 atom stereocenters.